The molecule has 176 valence electrons. The molecule has 2 bridgehead atoms. The number of hydroxylamine groups is 2. The fourth-order valence-corrected chi connectivity index (χ4v) is 3.48. The van der Waals surface area contributed by atoms with Crippen LogP contribution in [0, 0.1) is 0 Å². The Hall–Kier alpha value is -2.73. The summed E-state index contributed by atoms with van der Waals surface area (Å²) in [6.45, 7) is 11.0. The number of aliphatic hydroxyl groups excluding tert-OH is 1. The van der Waals surface area contributed by atoms with Crippen molar-refractivity contribution in [3.8, 4) is 0 Å². The quantitative estimate of drug-likeness (QED) is 0.364. The summed E-state index contributed by atoms with van der Waals surface area (Å²) in [5.74, 6) is -0.192. The van der Waals surface area contributed by atoms with Gasteiger partial charge in [0.25, 0.3) is 0 Å². The lowest BCUT2D eigenvalue weighted by Gasteiger charge is -2.23. The lowest BCUT2D eigenvalue weighted by molar-refractivity contribution is -0.246. The topological polar surface area (TPSA) is 121 Å². The fraction of sp³-hybridized carbons (Fsp3) is 0.571. The van der Waals surface area contributed by atoms with Crippen molar-refractivity contribution < 1.29 is 24.3 Å². The highest BCUT2D eigenvalue weighted by Crippen LogP contribution is 2.28. The maximum Gasteiger partial charge on any atom is 0.407 e. The fourth-order valence-electron chi connectivity index (χ4n) is 3.48. The summed E-state index contributed by atoms with van der Waals surface area (Å²) in [5, 5.41) is 21.8. The van der Waals surface area contributed by atoms with Gasteiger partial charge in [0.2, 0.25) is 5.91 Å². The van der Waals surface area contributed by atoms with Crippen LogP contribution in [-0.2, 0) is 20.8 Å². The van der Waals surface area contributed by atoms with E-state index in [2.05, 4.69) is 22.3 Å². The van der Waals surface area contributed by atoms with Gasteiger partial charge in [-0.3, -0.25) is 14.5 Å². The molecule has 0 aromatic carbocycles. The molecule has 0 saturated carbocycles. The number of hydrogen-bond acceptors (Lipinski definition) is 8. The average molecular weight is 449 g/mol. The molecule has 32 heavy (non-hydrogen) atoms. The molecule has 0 spiro atoms. The predicted octanol–water partition coefficient (Wildman–Crippen LogP) is 0.301. The summed E-state index contributed by atoms with van der Waals surface area (Å²) in [6, 6.07) is 1.69. The number of hydrogen-bond donors (Lipinski definition) is 3. The minimum absolute atomic E-state index is 0.0953. The number of carbonyl (C=O) groups excluding carboxylic acids is 2. The van der Waals surface area contributed by atoms with E-state index in [-0.39, 0.29) is 24.9 Å². The second kappa shape index (κ2) is 10.3. The Balaban J connectivity index is 1.46. The van der Waals surface area contributed by atoms with Gasteiger partial charge in [0.1, 0.15) is 5.60 Å². The third kappa shape index (κ3) is 6.39. The first kappa shape index (κ1) is 23.9. The summed E-state index contributed by atoms with van der Waals surface area (Å²) < 4.78 is 6.86. The van der Waals surface area contributed by atoms with Crippen molar-refractivity contribution in [1.29, 1.82) is 0 Å². The van der Waals surface area contributed by atoms with Crippen molar-refractivity contribution in [2.45, 2.75) is 45.2 Å². The second-order valence-electron chi connectivity index (χ2n) is 8.65. The van der Waals surface area contributed by atoms with Crippen LogP contribution in [0.4, 0.5) is 4.79 Å². The lowest BCUT2D eigenvalue weighted by atomic mass is 10.2. The van der Waals surface area contributed by atoms with Crippen LogP contribution in [-0.4, -0.2) is 87.6 Å². The van der Waals surface area contributed by atoms with E-state index in [1.165, 1.54) is 0 Å². The molecule has 11 heteroatoms. The standard InChI is InChI=1S/C21H32N6O5/c1-5-10-31-27-17-12-16(13-25(14-17)20(27)30)26-9-6-15(24-26)11-18(28)22-7-8-23-19(29)32-21(2,3)4/h5-6,9,12,17,20,30H,1,7-8,10-11,13-14H2,2-4H3,(H,22,28)(H,23,29). The molecule has 3 heterocycles. The third-order valence-corrected chi connectivity index (χ3v) is 4.79. The van der Waals surface area contributed by atoms with Crippen LogP contribution in [0.5, 0.6) is 0 Å². The first-order valence-corrected chi connectivity index (χ1v) is 10.6. The van der Waals surface area contributed by atoms with Crippen LogP contribution >= 0.6 is 0 Å². The lowest BCUT2D eigenvalue weighted by Crippen LogP contribution is -2.39. The second-order valence-corrected chi connectivity index (χ2v) is 8.65. The smallest absolute Gasteiger partial charge is 0.407 e. The maximum atomic E-state index is 12.2. The van der Waals surface area contributed by atoms with Crippen LogP contribution < -0.4 is 10.6 Å². The number of aromatic nitrogens is 2. The van der Waals surface area contributed by atoms with Gasteiger partial charge >= 0.3 is 6.09 Å². The van der Waals surface area contributed by atoms with Gasteiger partial charge in [-0.25, -0.2) is 9.48 Å². The molecular formula is C21H32N6O5. The zero-order valence-corrected chi connectivity index (χ0v) is 18.8. The Morgan fingerprint density at radius 2 is 2.09 bits per heavy atom. The Morgan fingerprint density at radius 1 is 1.34 bits per heavy atom. The van der Waals surface area contributed by atoms with Crippen molar-refractivity contribution in [3.05, 3.63) is 36.7 Å². The number of amides is 2. The molecular weight excluding hydrogens is 416 g/mol. The summed E-state index contributed by atoms with van der Waals surface area (Å²) >= 11 is 0. The van der Waals surface area contributed by atoms with Crippen LogP contribution in [0.25, 0.3) is 5.70 Å². The molecule has 1 aromatic heterocycles. The number of alkyl carbamates (subject to hydrolysis) is 1. The first-order chi connectivity index (χ1) is 15.2. The summed E-state index contributed by atoms with van der Waals surface area (Å²) in [4.78, 5) is 31.2. The van der Waals surface area contributed by atoms with Crippen LogP contribution in [0.1, 0.15) is 26.5 Å². The van der Waals surface area contributed by atoms with Crippen LogP contribution in [0.2, 0.25) is 0 Å². The van der Waals surface area contributed by atoms with Crippen molar-refractivity contribution in [1.82, 2.24) is 30.4 Å². The van der Waals surface area contributed by atoms with Gasteiger partial charge in [0.05, 0.1) is 30.5 Å². The van der Waals surface area contributed by atoms with Crippen molar-refractivity contribution in [2.24, 2.45) is 0 Å². The molecule has 2 aliphatic rings. The Labute approximate surface area is 187 Å². The molecule has 2 amide bonds. The van der Waals surface area contributed by atoms with Gasteiger partial charge in [-0.15, -0.1) is 11.6 Å². The minimum Gasteiger partial charge on any atom is -0.444 e. The molecule has 1 aromatic rings. The van der Waals surface area contributed by atoms with Gasteiger partial charge in [-0.1, -0.05) is 6.08 Å². The monoisotopic (exact) mass is 448 g/mol. The highest BCUT2D eigenvalue weighted by molar-refractivity contribution is 5.78. The number of fused-ring (bicyclic) bond motifs is 2. The van der Waals surface area contributed by atoms with E-state index in [4.69, 9.17) is 9.57 Å². The molecule has 2 aliphatic heterocycles. The highest BCUT2D eigenvalue weighted by atomic mass is 16.7. The third-order valence-electron chi connectivity index (χ3n) is 4.79. The van der Waals surface area contributed by atoms with Crippen molar-refractivity contribution in [3.63, 3.8) is 0 Å². The van der Waals surface area contributed by atoms with Gasteiger partial charge in [0.15, 0.2) is 6.35 Å². The molecule has 1 saturated heterocycles. The first-order valence-electron chi connectivity index (χ1n) is 10.6. The van der Waals surface area contributed by atoms with Crippen molar-refractivity contribution >= 4 is 17.7 Å². The van der Waals surface area contributed by atoms with Gasteiger partial charge < -0.3 is 20.5 Å². The number of rotatable bonds is 9. The Bertz CT molecular complexity index is 861. The molecule has 3 rings (SSSR count). The average Bonchev–Trinajstić information content (AvgIpc) is 3.25. The van der Waals surface area contributed by atoms with Crippen molar-refractivity contribution in [2.75, 3.05) is 32.8 Å². The molecule has 3 unspecified atom stereocenters. The van der Waals surface area contributed by atoms with Crippen LogP contribution in [0.15, 0.2) is 31.0 Å². The van der Waals surface area contributed by atoms with E-state index in [9.17, 15) is 14.7 Å². The predicted molar refractivity (Wildman–Crippen MR) is 117 cm³/mol. The number of nitrogens with one attached hydrogen (secondary N) is 2. The number of aliphatic hydroxyl groups is 1. The van der Waals surface area contributed by atoms with E-state index in [0.717, 1.165) is 5.70 Å². The largest absolute Gasteiger partial charge is 0.444 e. The van der Waals surface area contributed by atoms with Gasteiger partial charge in [-0.2, -0.15) is 5.10 Å². The molecule has 1 fully saturated rings. The number of carbonyl (C=O) groups is 2. The molecule has 3 atom stereocenters. The SMILES string of the molecule is C=CCON1C2C=C(n3ccc(CC(=O)NCCNC(=O)OC(C)(C)C)n3)CN(C2)C1O. The van der Waals surface area contributed by atoms with E-state index in [1.54, 1.807) is 48.9 Å². The maximum absolute atomic E-state index is 12.2. The highest BCUT2D eigenvalue weighted by Gasteiger charge is 2.42. The van der Waals surface area contributed by atoms with E-state index in [1.807, 2.05) is 11.0 Å². The summed E-state index contributed by atoms with van der Waals surface area (Å²) in [7, 11) is 0. The normalized spacial score (nSPS) is 22.9. The van der Waals surface area contributed by atoms with E-state index >= 15 is 0 Å². The molecule has 11 nitrogen and oxygen atoms in total. The number of ether oxygens (including phenoxy) is 1. The molecule has 3 N–H and O–H groups in total. The zero-order chi connectivity index (χ0) is 23.3. The Kier molecular flexibility index (Phi) is 7.67. The van der Waals surface area contributed by atoms with Crippen LogP contribution in [0.3, 0.4) is 0 Å². The zero-order valence-electron chi connectivity index (χ0n) is 18.8. The van der Waals surface area contributed by atoms with Gasteiger partial charge in [0, 0.05) is 32.4 Å². The molecule has 0 radical (unpaired) electrons. The van der Waals surface area contributed by atoms with Gasteiger partial charge in [-0.05, 0) is 32.9 Å². The summed E-state index contributed by atoms with van der Waals surface area (Å²) in [6.07, 6.45) is 4.21. The Morgan fingerprint density at radius 3 is 2.81 bits per heavy atom. The minimum atomic E-state index is -0.830. The van der Waals surface area contributed by atoms with E-state index < -0.39 is 18.0 Å². The number of nitrogens with zero attached hydrogens (tertiary/aromatic N) is 4. The van der Waals surface area contributed by atoms with E-state index in [0.29, 0.717) is 31.9 Å². The molecule has 0 aliphatic carbocycles. The summed E-state index contributed by atoms with van der Waals surface area (Å²) in [5.41, 5.74) is 0.959.